The number of benzene rings is 1. The third-order valence-corrected chi connectivity index (χ3v) is 4.33. The van der Waals surface area contributed by atoms with Crippen molar-refractivity contribution in [3.05, 3.63) is 40.8 Å². The Morgan fingerprint density at radius 3 is 3.06 bits per heavy atom. The summed E-state index contributed by atoms with van der Waals surface area (Å²) in [5.41, 5.74) is 3.00. The fourth-order valence-electron chi connectivity index (χ4n) is 2.41. The third-order valence-electron chi connectivity index (χ3n) is 3.34. The highest BCUT2D eigenvalue weighted by atomic mass is 32.1. The Labute approximate surface area is 106 Å². The van der Waals surface area contributed by atoms with Crippen molar-refractivity contribution in [3.8, 4) is 0 Å². The predicted octanol–water partition coefficient (Wildman–Crippen LogP) is 4.06. The first-order chi connectivity index (χ1) is 8.43. The molecular formula is C15H17NS. The smallest absolute Gasteiger partial charge is 0.0348 e. The van der Waals surface area contributed by atoms with Gasteiger partial charge >= 0.3 is 0 Å². The number of nitrogens with one attached hydrogen (secondary N) is 1. The van der Waals surface area contributed by atoms with E-state index in [2.05, 4.69) is 41.0 Å². The van der Waals surface area contributed by atoms with Crippen LogP contribution in [0, 0.1) is 0 Å². The van der Waals surface area contributed by atoms with E-state index in [0.29, 0.717) is 0 Å². The van der Waals surface area contributed by atoms with Gasteiger partial charge in [-0.3, -0.25) is 0 Å². The van der Waals surface area contributed by atoms with E-state index < -0.39 is 0 Å². The molecule has 0 atom stereocenters. The van der Waals surface area contributed by atoms with Crippen LogP contribution in [0.2, 0.25) is 0 Å². The first kappa shape index (κ1) is 11.0. The molecule has 1 saturated heterocycles. The molecule has 1 aromatic carbocycles. The third kappa shape index (κ3) is 2.43. The van der Waals surface area contributed by atoms with Crippen molar-refractivity contribution in [1.29, 1.82) is 0 Å². The maximum absolute atomic E-state index is 3.46. The van der Waals surface area contributed by atoms with Gasteiger partial charge in [-0.05, 0) is 54.7 Å². The summed E-state index contributed by atoms with van der Waals surface area (Å²) in [5.74, 6) is 0. The second-order valence-electron chi connectivity index (χ2n) is 4.59. The van der Waals surface area contributed by atoms with Crippen LogP contribution in [0.5, 0.6) is 0 Å². The van der Waals surface area contributed by atoms with Crippen LogP contribution in [0.25, 0.3) is 16.2 Å². The molecule has 0 radical (unpaired) electrons. The van der Waals surface area contributed by atoms with Gasteiger partial charge in [-0.15, -0.1) is 11.3 Å². The summed E-state index contributed by atoms with van der Waals surface area (Å²) in [6.45, 7) is 2.30. The SMILES string of the molecule is C(=C1/CCCNCC1)/c1csc2ccccc12. The topological polar surface area (TPSA) is 12.0 Å². The molecule has 1 aliphatic rings. The fourth-order valence-corrected chi connectivity index (χ4v) is 3.33. The van der Waals surface area contributed by atoms with Crippen molar-refractivity contribution in [3.63, 3.8) is 0 Å². The average molecular weight is 243 g/mol. The van der Waals surface area contributed by atoms with Gasteiger partial charge in [0.25, 0.3) is 0 Å². The molecule has 0 spiro atoms. The zero-order chi connectivity index (χ0) is 11.5. The zero-order valence-corrected chi connectivity index (χ0v) is 10.7. The molecule has 1 aliphatic heterocycles. The van der Waals surface area contributed by atoms with E-state index in [1.165, 1.54) is 41.5 Å². The van der Waals surface area contributed by atoms with Crippen LogP contribution < -0.4 is 5.32 Å². The van der Waals surface area contributed by atoms with Crippen molar-refractivity contribution < 1.29 is 0 Å². The number of hydrogen-bond acceptors (Lipinski definition) is 2. The van der Waals surface area contributed by atoms with Gasteiger partial charge in [0, 0.05) is 4.70 Å². The van der Waals surface area contributed by atoms with Gasteiger partial charge in [0.15, 0.2) is 0 Å². The first-order valence-electron chi connectivity index (χ1n) is 6.30. The molecule has 0 amide bonds. The molecule has 1 nitrogen and oxygen atoms in total. The monoisotopic (exact) mass is 243 g/mol. The molecule has 2 aromatic rings. The molecule has 88 valence electrons. The Bertz CT molecular complexity index is 529. The predicted molar refractivity (Wildman–Crippen MR) is 76.5 cm³/mol. The summed E-state index contributed by atoms with van der Waals surface area (Å²) in [6.07, 6.45) is 6.13. The van der Waals surface area contributed by atoms with E-state index in [1.807, 2.05) is 11.3 Å². The molecule has 3 rings (SSSR count). The van der Waals surface area contributed by atoms with Crippen molar-refractivity contribution in [1.82, 2.24) is 5.32 Å². The van der Waals surface area contributed by atoms with Crippen LogP contribution >= 0.6 is 11.3 Å². The van der Waals surface area contributed by atoms with Crippen LogP contribution in [0.15, 0.2) is 35.2 Å². The minimum Gasteiger partial charge on any atom is -0.316 e. The van der Waals surface area contributed by atoms with Crippen LogP contribution in [-0.4, -0.2) is 13.1 Å². The van der Waals surface area contributed by atoms with Crippen LogP contribution in [-0.2, 0) is 0 Å². The van der Waals surface area contributed by atoms with Gasteiger partial charge < -0.3 is 5.32 Å². The van der Waals surface area contributed by atoms with Gasteiger partial charge in [0.2, 0.25) is 0 Å². The summed E-state index contributed by atoms with van der Waals surface area (Å²) in [5, 5.41) is 7.15. The summed E-state index contributed by atoms with van der Waals surface area (Å²) in [6, 6.07) is 8.68. The Morgan fingerprint density at radius 1 is 1.12 bits per heavy atom. The van der Waals surface area contributed by atoms with E-state index in [4.69, 9.17) is 0 Å². The summed E-state index contributed by atoms with van der Waals surface area (Å²) in [4.78, 5) is 0. The van der Waals surface area contributed by atoms with Crippen molar-refractivity contribution in [2.45, 2.75) is 19.3 Å². The largest absolute Gasteiger partial charge is 0.316 e. The van der Waals surface area contributed by atoms with E-state index in [-0.39, 0.29) is 0 Å². The zero-order valence-electron chi connectivity index (χ0n) is 9.91. The number of hydrogen-bond donors (Lipinski definition) is 1. The van der Waals surface area contributed by atoms with E-state index in [9.17, 15) is 0 Å². The Balaban J connectivity index is 1.95. The Hall–Kier alpha value is -1.12. The highest BCUT2D eigenvalue weighted by molar-refractivity contribution is 7.17. The minimum atomic E-state index is 1.13. The summed E-state index contributed by atoms with van der Waals surface area (Å²) < 4.78 is 1.39. The van der Waals surface area contributed by atoms with Crippen LogP contribution in [0.1, 0.15) is 24.8 Å². The Kier molecular flexibility index (Phi) is 3.25. The van der Waals surface area contributed by atoms with E-state index in [0.717, 1.165) is 6.54 Å². The lowest BCUT2D eigenvalue weighted by molar-refractivity contribution is 0.703. The van der Waals surface area contributed by atoms with Gasteiger partial charge in [0.1, 0.15) is 0 Å². The highest BCUT2D eigenvalue weighted by Crippen LogP contribution is 2.28. The van der Waals surface area contributed by atoms with Crippen molar-refractivity contribution in [2.24, 2.45) is 0 Å². The lowest BCUT2D eigenvalue weighted by Crippen LogP contribution is -2.13. The molecule has 1 fully saturated rings. The first-order valence-corrected chi connectivity index (χ1v) is 7.18. The molecule has 0 aliphatic carbocycles. The molecule has 1 N–H and O–H groups in total. The van der Waals surface area contributed by atoms with Gasteiger partial charge in [0.05, 0.1) is 0 Å². The average Bonchev–Trinajstić information content (AvgIpc) is 2.59. The second-order valence-corrected chi connectivity index (χ2v) is 5.50. The molecule has 0 bridgehead atoms. The van der Waals surface area contributed by atoms with E-state index >= 15 is 0 Å². The second kappa shape index (κ2) is 5.03. The minimum absolute atomic E-state index is 1.13. The van der Waals surface area contributed by atoms with Gasteiger partial charge in [-0.1, -0.05) is 29.8 Å². The van der Waals surface area contributed by atoms with Crippen molar-refractivity contribution in [2.75, 3.05) is 13.1 Å². The molecule has 1 aromatic heterocycles. The standard InChI is InChI=1S/C15H17NS/c1-2-6-15-14(5-1)13(11-17-15)10-12-4-3-8-16-9-7-12/h1-2,5-6,10-11,16H,3-4,7-9H2/b12-10+. The number of rotatable bonds is 1. The summed E-state index contributed by atoms with van der Waals surface area (Å²) >= 11 is 1.85. The maximum atomic E-state index is 3.46. The molecule has 2 heterocycles. The van der Waals surface area contributed by atoms with Gasteiger partial charge in [-0.25, -0.2) is 0 Å². The molecular weight excluding hydrogens is 226 g/mol. The van der Waals surface area contributed by atoms with Gasteiger partial charge in [-0.2, -0.15) is 0 Å². The highest BCUT2D eigenvalue weighted by Gasteiger charge is 2.06. The van der Waals surface area contributed by atoms with E-state index in [1.54, 1.807) is 5.57 Å². The van der Waals surface area contributed by atoms with Crippen molar-refractivity contribution >= 4 is 27.5 Å². The normalized spacial score (nSPS) is 19.6. The lowest BCUT2D eigenvalue weighted by Gasteiger charge is -2.01. The molecule has 0 saturated carbocycles. The van der Waals surface area contributed by atoms with Crippen LogP contribution in [0.4, 0.5) is 0 Å². The number of fused-ring (bicyclic) bond motifs is 1. The fraction of sp³-hybridized carbons (Fsp3) is 0.333. The number of thiophene rings is 1. The quantitative estimate of drug-likeness (QED) is 0.796. The maximum Gasteiger partial charge on any atom is 0.0348 e. The summed E-state index contributed by atoms with van der Waals surface area (Å²) in [7, 11) is 0. The molecule has 2 heteroatoms. The molecule has 0 unspecified atom stereocenters. The van der Waals surface area contributed by atoms with Crippen LogP contribution in [0.3, 0.4) is 0 Å². The Morgan fingerprint density at radius 2 is 2.06 bits per heavy atom. The lowest BCUT2D eigenvalue weighted by atomic mass is 10.0. The molecule has 17 heavy (non-hydrogen) atoms.